The standard InChI is InChI=1S/C10H17NOS/c1-9(12)11-10(2,3)8-13-6-4-5-7-13/h4-7,13H,8H2,1-3H3,(H,11,12). The van der Waals surface area contributed by atoms with E-state index in [-0.39, 0.29) is 22.3 Å². The SMILES string of the molecule is CC(=O)NC(C)(C)C[SH]1C=CC=C1. The van der Waals surface area contributed by atoms with Gasteiger partial charge in [-0.3, -0.25) is 4.79 Å². The van der Waals surface area contributed by atoms with Gasteiger partial charge in [0.15, 0.2) is 0 Å². The summed E-state index contributed by atoms with van der Waals surface area (Å²) in [6, 6.07) is 0. The number of allylic oxidation sites excluding steroid dienone is 2. The summed E-state index contributed by atoms with van der Waals surface area (Å²) < 4.78 is 0. The second kappa shape index (κ2) is 4.01. The molecule has 0 atom stereocenters. The van der Waals surface area contributed by atoms with Crippen LogP contribution in [0.15, 0.2) is 23.0 Å². The lowest BCUT2D eigenvalue weighted by atomic mass is 10.1. The molecule has 1 amide bonds. The van der Waals surface area contributed by atoms with Crippen molar-refractivity contribution in [3.8, 4) is 0 Å². The van der Waals surface area contributed by atoms with Crippen LogP contribution in [0.5, 0.6) is 0 Å². The van der Waals surface area contributed by atoms with E-state index in [0.29, 0.717) is 0 Å². The molecule has 1 aliphatic heterocycles. The molecule has 0 saturated heterocycles. The summed E-state index contributed by atoms with van der Waals surface area (Å²) in [5.41, 5.74) is -0.0867. The zero-order chi connectivity index (χ0) is 9.90. The highest BCUT2D eigenvalue weighted by Crippen LogP contribution is 2.35. The summed E-state index contributed by atoms with van der Waals surface area (Å²) in [6.07, 6.45) is 4.16. The lowest BCUT2D eigenvalue weighted by molar-refractivity contribution is -0.120. The molecular formula is C10H17NOS. The molecule has 0 fully saturated rings. The molecule has 0 bridgehead atoms. The highest BCUT2D eigenvalue weighted by atomic mass is 32.2. The molecule has 0 aromatic carbocycles. The van der Waals surface area contributed by atoms with Gasteiger partial charge < -0.3 is 5.32 Å². The number of carbonyl (C=O) groups is 1. The van der Waals surface area contributed by atoms with Crippen molar-refractivity contribution in [3.63, 3.8) is 0 Å². The van der Waals surface area contributed by atoms with Crippen molar-refractivity contribution in [1.29, 1.82) is 0 Å². The van der Waals surface area contributed by atoms with E-state index < -0.39 is 0 Å². The van der Waals surface area contributed by atoms with E-state index in [0.717, 1.165) is 5.75 Å². The Kier molecular flexibility index (Phi) is 3.20. The van der Waals surface area contributed by atoms with Gasteiger partial charge in [-0.25, -0.2) is 10.9 Å². The van der Waals surface area contributed by atoms with Gasteiger partial charge in [-0.1, -0.05) is 12.2 Å². The van der Waals surface area contributed by atoms with Crippen LogP contribution in [0.3, 0.4) is 0 Å². The fourth-order valence-corrected chi connectivity index (χ4v) is 3.39. The lowest BCUT2D eigenvalue weighted by Gasteiger charge is -2.28. The summed E-state index contributed by atoms with van der Waals surface area (Å²) in [7, 11) is -0.140. The van der Waals surface area contributed by atoms with Crippen molar-refractivity contribution in [3.05, 3.63) is 23.0 Å². The van der Waals surface area contributed by atoms with E-state index in [9.17, 15) is 4.79 Å². The molecule has 74 valence electrons. The molecule has 0 aromatic rings. The first kappa shape index (κ1) is 10.4. The molecule has 1 N–H and O–H groups in total. The van der Waals surface area contributed by atoms with E-state index in [1.807, 2.05) is 0 Å². The molecule has 0 saturated carbocycles. The summed E-state index contributed by atoms with van der Waals surface area (Å²) in [4.78, 5) is 10.9. The molecule has 0 unspecified atom stereocenters. The molecular weight excluding hydrogens is 182 g/mol. The molecule has 0 radical (unpaired) electrons. The number of hydrogen-bond donors (Lipinski definition) is 2. The van der Waals surface area contributed by atoms with Crippen LogP contribution in [-0.2, 0) is 4.79 Å². The first-order valence-corrected chi connectivity index (χ1v) is 6.06. The van der Waals surface area contributed by atoms with Gasteiger partial charge in [0, 0.05) is 18.2 Å². The summed E-state index contributed by atoms with van der Waals surface area (Å²) in [5.74, 6) is 1.07. The normalized spacial score (nSPS) is 17.9. The van der Waals surface area contributed by atoms with E-state index in [1.165, 1.54) is 0 Å². The van der Waals surface area contributed by atoms with Crippen LogP contribution >= 0.6 is 10.9 Å². The number of thiol groups is 1. The smallest absolute Gasteiger partial charge is 0.217 e. The van der Waals surface area contributed by atoms with E-state index in [4.69, 9.17) is 0 Å². The third-order valence-electron chi connectivity index (χ3n) is 1.76. The molecule has 0 spiro atoms. The average molecular weight is 199 g/mol. The Hall–Kier alpha value is -0.700. The van der Waals surface area contributed by atoms with Gasteiger partial charge in [-0.2, -0.15) is 0 Å². The van der Waals surface area contributed by atoms with Crippen LogP contribution in [0.2, 0.25) is 0 Å². The molecule has 0 aromatic heterocycles. The van der Waals surface area contributed by atoms with Gasteiger partial charge >= 0.3 is 0 Å². The van der Waals surface area contributed by atoms with Crippen LogP contribution in [-0.4, -0.2) is 17.2 Å². The Labute approximate surface area is 82.4 Å². The van der Waals surface area contributed by atoms with Crippen LogP contribution in [0, 0.1) is 0 Å². The quantitative estimate of drug-likeness (QED) is 0.668. The highest BCUT2D eigenvalue weighted by molar-refractivity contribution is 8.22. The minimum Gasteiger partial charge on any atom is -0.351 e. The van der Waals surface area contributed by atoms with Gasteiger partial charge in [0.2, 0.25) is 5.91 Å². The molecule has 2 nitrogen and oxygen atoms in total. The molecule has 1 aliphatic rings. The van der Waals surface area contributed by atoms with Crippen LogP contribution in [0.4, 0.5) is 0 Å². The molecule has 1 heterocycles. The minimum absolute atomic E-state index is 0.0483. The van der Waals surface area contributed by atoms with E-state index in [2.05, 4.69) is 42.1 Å². The van der Waals surface area contributed by atoms with Gasteiger partial charge in [0.25, 0.3) is 0 Å². The zero-order valence-electron chi connectivity index (χ0n) is 8.37. The van der Waals surface area contributed by atoms with Gasteiger partial charge in [0.1, 0.15) is 0 Å². The first-order valence-electron chi connectivity index (χ1n) is 4.39. The Balaban J connectivity index is 2.45. The number of carbonyl (C=O) groups excluding carboxylic acids is 1. The zero-order valence-corrected chi connectivity index (χ0v) is 9.27. The largest absolute Gasteiger partial charge is 0.351 e. The number of nitrogens with one attached hydrogen (secondary N) is 1. The van der Waals surface area contributed by atoms with Gasteiger partial charge in [-0.05, 0) is 24.7 Å². The summed E-state index contributed by atoms with van der Waals surface area (Å²) >= 11 is 0. The minimum atomic E-state index is -0.140. The van der Waals surface area contributed by atoms with Gasteiger partial charge in [-0.15, -0.1) is 0 Å². The molecule has 13 heavy (non-hydrogen) atoms. The predicted octanol–water partition coefficient (Wildman–Crippen LogP) is 1.94. The van der Waals surface area contributed by atoms with Crippen molar-refractivity contribution in [2.24, 2.45) is 0 Å². The van der Waals surface area contributed by atoms with Crippen LogP contribution in [0.1, 0.15) is 20.8 Å². The second-order valence-electron chi connectivity index (χ2n) is 3.92. The summed E-state index contributed by atoms with van der Waals surface area (Å²) in [6.45, 7) is 5.70. The van der Waals surface area contributed by atoms with Gasteiger partial charge in [0.05, 0.1) is 0 Å². The maximum absolute atomic E-state index is 10.9. The van der Waals surface area contributed by atoms with E-state index in [1.54, 1.807) is 6.92 Å². The number of amides is 1. The predicted molar refractivity (Wildman–Crippen MR) is 60.0 cm³/mol. The third kappa shape index (κ3) is 3.68. The maximum Gasteiger partial charge on any atom is 0.217 e. The monoisotopic (exact) mass is 199 g/mol. The maximum atomic E-state index is 10.9. The van der Waals surface area contributed by atoms with Crippen molar-refractivity contribution in [1.82, 2.24) is 5.32 Å². The fraction of sp³-hybridized carbons (Fsp3) is 0.500. The second-order valence-corrected chi connectivity index (χ2v) is 5.86. The van der Waals surface area contributed by atoms with Crippen molar-refractivity contribution < 1.29 is 4.79 Å². The van der Waals surface area contributed by atoms with Crippen LogP contribution in [0.25, 0.3) is 0 Å². The Morgan fingerprint density at radius 2 is 1.92 bits per heavy atom. The highest BCUT2D eigenvalue weighted by Gasteiger charge is 2.20. The summed E-state index contributed by atoms with van der Waals surface area (Å²) in [5, 5.41) is 7.40. The van der Waals surface area contributed by atoms with E-state index >= 15 is 0 Å². The Bertz CT molecular complexity index is 244. The first-order chi connectivity index (χ1) is 5.99. The third-order valence-corrected chi connectivity index (χ3v) is 4.02. The molecule has 3 heteroatoms. The molecule has 0 aliphatic carbocycles. The lowest BCUT2D eigenvalue weighted by Crippen LogP contribution is -2.44. The Morgan fingerprint density at radius 3 is 2.38 bits per heavy atom. The fourth-order valence-electron chi connectivity index (χ4n) is 1.45. The van der Waals surface area contributed by atoms with Crippen molar-refractivity contribution in [2.45, 2.75) is 26.3 Å². The Morgan fingerprint density at radius 1 is 1.38 bits per heavy atom. The molecule has 1 rings (SSSR count). The number of hydrogen-bond acceptors (Lipinski definition) is 1. The van der Waals surface area contributed by atoms with Crippen LogP contribution < -0.4 is 5.32 Å². The van der Waals surface area contributed by atoms with Crippen molar-refractivity contribution >= 4 is 16.8 Å². The van der Waals surface area contributed by atoms with Crippen molar-refractivity contribution in [2.75, 3.05) is 5.75 Å². The number of rotatable bonds is 3. The average Bonchev–Trinajstić information content (AvgIpc) is 2.34. The topological polar surface area (TPSA) is 29.1 Å².